The van der Waals surface area contributed by atoms with Crippen LogP contribution in [0.2, 0.25) is 0 Å². The van der Waals surface area contributed by atoms with Gasteiger partial charge in [0.05, 0.1) is 0 Å². The Labute approximate surface area is 362 Å². The van der Waals surface area contributed by atoms with E-state index >= 15 is 0 Å². The molecule has 2 heterocycles. The molecular weight excluding hydrogens is 753 g/mol. The quantitative estimate of drug-likeness (QED) is 0.0314. The van der Waals surface area contributed by atoms with Gasteiger partial charge in [-0.2, -0.15) is 0 Å². The Morgan fingerprint density at radius 1 is 0.410 bits per heavy atom. The maximum Gasteiger partial charge on any atom is 0.261 e. The summed E-state index contributed by atoms with van der Waals surface area (Å²) in [6, 6.07) is 22.7. The fraction of sp³-hybridized carbons (Fsp3) is 0.455. The van der Waals surface area contributed by atoms with Gasteiger partial charge in [-0.1, -0.05) is 154 Å². The number of benzene rings is 6. The van der Waals surface area contributed by atoms with Crippen LogP contribution in [0.25, 0.3) is 54.2 Å². The highest BCUT2D eigenvalue weighted by atomic mass is 16.2. The van der Waals surface area contributed by atoms with E-state index in [2.05, 4.69) is 65.0 Å². The smallest absolute Gasteiger partial charge is 0.261 e. The van der Waals surface area contributed by atoms with Gasteiger partial charge in [0.1, 0.15) is 0 Å². The van der Waals surface area contributed by atoms with E-state index in [9.17, 15) is 19.2 Å². The lowest BCUT2D eigenvalue weighted by Crippen LogP contribution is -2.43. The predicted octanol–water partition coefficient (Wildman–Crippen LogP) is 14.3. The van der Waals surface area contributed by atoms with Crippen molar-refractivity contribution in [2.75, 3.05) is 13.1 Å². The molecule has 2 unspecified atom stereocenters. The second-order valence-electron chi connectivity index (χ2n) is 18.2. The van der Waals surface area contributed by atoms with Crippen molar-refractivity contribution in [3.8, 4) is 11.1 Å². The molecule has 0 saturated heterocycles. The van der Waals surface area contributed by atoms with Crippen LogP contribution in [0.1, 0.15) is 178 Å². The van der Waals surface area contributed by atoms with Crippen LogP contribution in [0.4, 0.5) is 0 Å². The molecule has 0 aromatic heterocycles. The van der Waals surface area contributed by atoms with Gasteiger partial charge in [0.25, 0.3) is 23.6 Å². The summed E-state index contributed by atoms with van der Waals surface area (Å²) in [6.45, 7) is 11.7. The third kappa shape index (κ3) is 7.74. The van der Waals surface area contributed by atoms with Gasteiger partial charge in [-0.3, -0.25) is 29.0 Å². The molecular formula is C55H64N2O4. The molecule has 318 valence electrons. The second-order valence-corrected chi connectivity index (χ2v) is 18.2. The molecule has 6 aromatic rings. The van der Waals surface area contributed by atoms with Crippen LogP contribution in [0.5, 0.6) is 0 Å². The van der Waals surface area contributed by atoms with Gasteiger partial charge in [0.15, 0.2) is 0 Å². The molecule has 6 heteroatoms. The van der Waals surface area contributed by atoms with E-state index in [0.29, 0.717) is 46.1 Å². The summed E-state index contributed by atoms with van der Waals surface area (Å²) in [6.07, 6.45) is 18.0. The SMILES string of the molecule is CCCCCCCCCc1ccc(-c2cc3c4c(ccc5c6ccc7c8c(ccc(c2c45)c86)C(=O)N(CC(CC)CCCC)C7=O)C(=O)N(CC(CC)CCCC)C3=O)cc1. The minimum absolute atomic E-state index is 0.232. The van der Waals surface area contributed by atoms with Crippen molar-refractivity contribution in [3.05, 3.63) is 94.5 Å². The zero-order chi connectivity index (χ0) is 42.8. The first kappa shape index (κ1) is 42.6. The summed E-state index contributed by atoms with van der Waals surface area (Å²) in [5, 5.41) is 6.89. The van der Waals surface area contributed by atoms with E-state index in [1.807, 2.05) is 36.4 Å². The Hall–Kier alpha value is -5.10. The summed E-state index contributed by atoms with van der Waals surface area (Å²) >= 11 is 0. The molecule has 6 aromatic carbocycles. The summed E-state index contributed by atoms with van der Waals surface area (Å²) in [5.41, 5.74) is 5.45. The molecule has 2 aliphatic heterocycles. The van der Waals surface area contributed by atoms with Crippen LogP contribution in [0, 0.1) is 11.8 Å². The molecule has 0 N–H and O–H groups in total. The highest BCUT2D eigenvalue weighted by molar-refractivity contribution is 6.43. The number of fused-ring (bicyclic) bond motifs is 2. The van der Waals surface area contributed by atoms with E-state index < -0.39 is 0 Å². The van der Waals surface area contributed by atoms with Gasteiger partial charge in [0.2, 0.25) is 0 Å². The van der Waals surface area contributed by atoms with E-state index in [1.165, 1.54) is 53.9 Å². The highest BCUT2D eigenvalue weighted by Gasteiger charge is 2.38. The fourth-order valence-corrected chi connectivity index (χ4v) is 10.5. The van der Waals surface area contributed by atoms with E-state index in [0.717, 1.165) is 108 Å². The zero-order valence-electron chi connectivity index (χ0n) is 37.3. The van der Waals surface area contributed by atoms with Crippen molar-refractivity contribution in [2.45, 2.75) is 137 Å². The van der Waals surface area contributed by atoms with Crippen molar-refractivity contribution in [2.24, 2.45) is 11.8 Å². The largest absolute Gasteiger partial charge is 0.274 e. The van der Waals surface area contributed by atoms with Crippen molar-refractivity contribution in [3.63, 3.8) is 0 Å². The maximum atomic E-state index is 14.8. The standard InChI is InChI=1S/C55H64N2O4/c1-6-11-14-15-16-17-18-21-37-22-24-38(25-23-37)45-32-46-50-44(54(60)57(55(46)61)34-36(10-5)20-13-8-3)30-27-40-39-26-29-42-49-43(31-28-41(47(39)49)48(45)51(40)50)53(59)56(52(42)58)33-35(9-4)19-12-7-2/h22-32,35-36H,6-21,33-34H2,1-5H3. The zero-order valence-corrected chi connectivity index (χ0v) is 37.3. The number of nitrogens with zero attached hydrogens (tertiary/aromatic N) is 2. The van der Waals surface area contributed by atoms with Gasteiger partial charge in [-0.25, -0.2) is 0 Å². The van der Waals surface area contributed by atoms with Gasteiger partial charge in [-0.15, -0.1) is 0 Å². The Balaban J connectivity index is 1.29. The molecule has 2 aliphatic rings. The number of hydrogen-bond acceptors (Lipinski definition) is 4. The summed E-state index contributed by atoms with van der Waals surface area (Å²) in [4.78, 5) is 61.1. The first-order chi connectivity index (χ1) is 29.8. The van der Waals surface area contributed by atoms with Crippen LogP contribution in [0.3, 0.4) is 0 Å². The average molecular weight is 817 g/mol. The molecule has 8 rings (SSSR count). The maximum absolute atomic E-state index is 14.8. The number of rotatable bonds is 21. The van der Waals surface area contributed by atoms with E-state index in [-0.39, 0.29) is 35.5 Å². The second kappa shape index (κ2) is 18.5. The third-order valence-corrected chi connectivity index (χ3v) is 14.2. The Morgan fingerprint density at radius 3 is 1.39 bits per heavy atom. The van der Waals surface area contributed by atoms with Gasteiger partial charge in [-0.05, 0) is 111 Å². The van der Waals surface area contributed by atoms with E-state index in [1.54, 1.807) is 0 Å². The molecule has 0 saturated carbocycles. The number of hydrogen-bond donors (Lipinski definition) is 0. The Morgan fingerprint density at radius 2 is 0.869 bits per heavy atom. The normalized spacial score (nSPS) is 15.1. The number of unbranched alkanes of at least 4 members (excludes halogenated alkanes) is 8. The summed E-state index contributed by atoms with van der Waals surface area (Å²) < 4.78 is 0. The van der Waals surface area contributed by atoms with Crippen LogP contribution in [-0.4, -0.2) is 46.5 Å². The fourth-order valence-electron chi connectivity index (χ4n) is 10.5. The summed E-state index contributed by atoms with van der Waals surface area (Å²) in [5.74, 6) is -0.436. The predicted molar refractivity (Wildman–Crippen MR) is 252 cm³/mol. The minimum atomic E-state index is -0.232. The average Bonchev–Trinajstić information content (AvgIpc) is 3.28. The number of carbonyl (C=O) groups is 4. The van der Waals surface area contributed by atoms with Gasteiger partial charge in [0, 0.05) is 46.1 Å². The number of carbonyl (C=O) groups excluding carboxylic acids is 4. The lowest BCUT2D eigenvalue weighted by atomic mass is 9.79. The Bertz CT molecular complexity index is 2580. The first-order valence-corrected chi connectivity index (χ1v) is 23.8. The number of aryl methyl sites for hydroxylation is 1. The van der Waals surface area contributed by atoms with Crippen molar-refractivity contribution in [1.82, 2.24) is 9.80 Å². The topological polar surface area (TPSA) is 74.8 Å². The third-order valence-electron chi connectivity index (χ3n) is 14.2. The van der Waals surface area contributed by atoms with Crippen molar-refractivity contribution >= 4 is 66.7 Å². The number of amides is 4. The van der Waals surface area contributed by atoms with Gasteiger partial charge >= 0.3 is 0 Å². The first-order valence-electron chi connectivity index (χ1n) is 23.8. The minimum Gasteiger partial charge on any atom is -0.274 e. The molecule has 0 spiro atoms. The lowest BCUT2D eigenvalue weighted by Gasteiger charge is -2.33. The van der Waals surface area contributed by atoms with Gasteiger partial charge < -0.3 is 0 Å². The molecule has 0 bridgehead atoms. The van der Waals surface area contributed by atoms with Crippen LogP contribution < -0.4 is 0 Å². The van der Waals surface area contributed by atoms with Crippen molar-refractivity contribution < 1.29 is 19.2 Å². The molecule has 0 radical (unpaired) electrons. The van der Waals surface area contributed by atoms with Crippen LogP contribution >= 0.6 is 0 Å². The summed E-state index contributed by atoms with van der Waals surface area (Å²) in [7, 11) is 0. The molecule has 4 amide bonds. The van der Waals surface area contributed by atoms with Crippen LogP contribution in [-0.2, 0) is 6.42 Å². The Kier molecular flexibility index (Phi) is 12.9. The molecule has 61 heavy (non-hydrogen) atoms. The van der Waals surface area contributed by atoms with Crippen LogP contribution in [0.15, 0.2) is 66.7 Å². The molecule has 2 atom stereocenters. The van der Waals surface area contributed by atoms with E-state index in [4.69, 9.17) is 0 Å². The highest BCUT2D eigenvalue weighted by Crippen LogP contribution is 2.49. The molecule has 0 aliphatic carbocycles. The number of imide groups is 2. The monoisotopic (exact) mass is 816 g/mol. The lowest BCUT2D eigenvalue weighted by molar-refractivity contribution is 0.0565. The van der Waals surface area contributed by atoms with Crippen molar-refractivity contribution in [1.29, 1.82) is 0 Å². The molecule has 6 nitrogen and oxygen atoms in total. The molecule has 0 fully saturated rings.